The minimum atomic E-state index is 0. The number of pyridine rings is 1. The van der Waals surface area contributed by atoms with Crippen molar-refractivity contribution in [2.24, 2.45) is 0 Å². The zero-order chi connectivity index (χ0) is 32.0. The van der Waals surface area contributed by atoms with Gasteiger partial charge < -0.3 is 5.11 Å². The van der Waals surface area contributed by atoms with E-state index in [1.54, 1.807) is 6.07 Å². The number of aromatic nitrogens is 3. The molecule has 0 spiro atoms. The third-order valence-electron chi connectivity index (χ3n) is 9.03. The zero-order valence-electron chi connectivity index (χ0n) is 26.2. The predicted molar refractivity (Wildman–Crippen MR) is 196 cm³/mol. The summed E-state index contributed by atoms with van der Waals surface area (Å²) in [5, 5.41) is 15.7. The van der Waals surface area contributed by atoms with E-state index >= 15 is 0 Å². The average Bonchev–Trinajstić information content (AvgIpc) is 3.60. The van der Waals surface area contributed by atoms with Crippen LogP contribution in [0.2, 0.25) is 0 Å². The first-order chi connectivity index (χ1) is 23.7. The molecular weight excluding hydrogens is 782 g/mol. The summed E-state index contributed by atoms with van der Waals surface area (Å²) in [6, 6.07) is 57.0. The van der Waals surface area contributed by atoms with E-state index in [2.05, 4.69) is 120 Å². The number of phenolic OH excluding ortho intramolecular Hbond substituents is 1. The molecule has 7 aromatic carbocycles. The Morgan fingerprint density at radius 2 is 1.12 bits per heavy atom. The summed E-state index contributed by atoms with van der Waals surface area (Å²) in [7, 11) is 0. The molecule has 49 heavy (non-hydrogen) atoms. The van der Waals surface area contributed by atoms with Gasteiger partial charge in [-0.15, -0.1) is 35.0 Å². The van der Waals surface area contributed by atoms with Gasteiger partial charge in [-0.1, -0.05) is 133 Å². The van der Waals surface area contributed by atoms with Gasteiger partial charge in [-0.3, -0.25) is 4.57 Å². The molecule has 0 aliphatic heterocycles. The van der Waals surface area contributed by atoms with Gasteiger partial charge in [0.2, 0.25) is 0 Å². The second kappa shape index (κ2) is 12.6. The molecule has 1 N–H and O–H groups in total. The summed E-state index contributed by atoms with van der Waals surface area (Å²) < 4.78 is 2.20. The predicted octanol–water partition coefficient (Wildman–Crippen LogP) is 10.9. The Kier molecular flexibility index (Phi) is 7.87. The minimum absolute atomic E-state index is 0. The van der Waals surface area contributed by atoms with Crippen molar-refractivity contribution in [3.05, 3.63) is 170 Å². The van der Waals surface area contributed by atoms with Crippen molar-refractivity contribution in [3.8, 4) is 56.5 Å². The average molecular weight is 810 g/mol. The molecule has 0 aliphatic carbocycles. The summed E-state index contributed by atoms with van der Waals surface area (Å²) >= 11 is 0. The molecule has 0 unspecified atom stereocenters. The van der Waals surface area contributed by atoms with Crippen molar-refractivity contribution >= 4 is 32.4 Å². The van der Waals surface area contributed by atoms with Gasteiger partial charge in [-0.05, 0) is 28.6 Å². The molecule has 2 heterocycles. The van der Waals surface area contributed by atoms with E-state index in [1.807, 2.05) is 48.5 Å². The first-order valence-electron chi connectivity index (χ1n) is 16.0. The van der Waals surface area contributed by atoms with E-state index in [0.717, 1.165) is 71.6 Å². The Morgan fingerprint density at radius 3 is 1.88 bits per heavy atom. The summed E-state index contributed by atoms with van der Waals surface area (Å²) in [6.45, 7) is 0. The second-order valence-electron chi connectivity index (χ2n) is 11.9. The monoisotopic (exact) mass is 809 g/mol. The van der Waals surface area contributed by atoms with Gasteiger partial charge in [0.15, 0.2) is 5.82 Å². The van der Waals surface area contributed by atoms with E-state index in [0.29, 0.717) is 11.5 Å². The number of nitrogens with zero attached hydrogens (tertiary/aromatic N) is 3. The molecule has 0 amide bonds. The molecule has 2 aromatic heterocycles. The van der Waals surface area contributed by atoms with Crippen LogP contribution in [0.25, 0.3) is 83.2 Å². The molecule has 5 heteroatoms. The second-order valence-corrected chi connectivity index (χ2v) is 11.9. The number of fused-ring (bicyclic) bond motifs is 4. The van der Waals surface area contributed by atoms with Gasteiger partial charge in [-0.2, -0.15) is 0 Å². The molecule has 0 saturated heterocycles. The van der Waals surface area contributed by atoms with E-state index < -0.39 is 0 Å². The number of imidazole rings is 1. The van der Waals surface area contributed by atoms with Crippen LogP contribution in [0.1, 0.15) is 0 Å². The Hall–Kier alpha value is -5.83. The molecule has 0 radical (unpaired) electrons. The van der Waals surface area contributed by atoms with Crippen LogP contribution >= 0.6 is 0 Å². The van der Waals surface area contributed by atoms with Crippen LogP contribution in [-0.2, 0) is 21.1 Å². The first-order valence-corrected chi connectivity index (χ1v) is 16.0. The maximum atomic E-state index is 11.0. The summed E-state index contributed by atoms with van der Waals surface area (Å²) in [5.74, 6) is 0.909. The first kappa shape index (κ1) is 30.5. The maximum Gasteiger partial charge on any atom is 0.163 e. The Morgan fingerprint density at radius 1 is 0.510 bits per heavy atom. The smallest absolute Gasteiger partial charge is 0.163 e. The van der Waals surface area contributed by atoms with E-state index in [4.69, 9.17) is 9.97 Å². The minimum Gasteiger partial charge on any atom is -0.507 e. The number of para-hydroxylation sites is 1. The van der Waals surface area contributed by atoms with Crippen molar-refractivity contribution in [3.63, 3.8) is 0 Å². The molecule has 0 bridgehead atoms. The van der Waals surface area contributed by atoms with Gasteiger partial charge >= 0.3 is 0 Å². The molecule has 236 valence electrons. The van der Waals surface area contributed by atoms with Crippen molar-refractivity contribution < 1.29 is 26.2 Å². The van der Waals surface area contributed by atoms with Crippen LogP contribution in [-0.4, -0.2) is 19.6 Å². The quantitative estimate of drug-likeness (QED) is 0.139. The third kappa shape index (κ3) is 5.31. The van der Waals surface area contributed by atoms with E-state index in [-0.39, 0.29) is 26.8 Å². The topological polar surface area (TPSA) is 50.9 Å². The molecule has 0 fully saturated rings. The number of phenols is 1. The largest absolute Gasteiger partial charge is 0.507 e. The van der Waals surface area contributed by atoms with Gasteiger partial charge in [0.25, 0.3) is 0 Å². The summed E-state index contributed by atoms with van der Waals surface area (Å²) in [4.78, 5) is 10.6. The van der Waals surface area contributed by atoms with Crippen LogP contribution in [0, 0.1) is 6.07 Å². The fraction of sp³-hybridized carbons (Fsp3) is 0. The van der Waals surface area contributed by atoms with Crippen LogP contribution in [0.15, 0.2) is 164 Å². The molecule has 9 aromatic rings. The fourth-order valence-electron chi connectivity index (χ4n) is 6.80. The standard InChI is InChI=1S/C44H28N3O.Pt/c48-40-23-10-18-32-24-25-33-26-27-38(45-42(33)41(32)40)44-46-39(37-22-9-17-29-16-7-8-19-34(29)37)28-47(44)43-35(30-12-3-1-4-13-30)20-11-21-36(43)31-14-5-2-6-15-31;/h1-18,20-28,48H;/q-1;. The number of hydrogen-bond donors (Lipinski definition) is 1. The molecule has 0 atom stereocenters. The van der Waals surface area contributed by atoms with Crippen LogP contribution in [0.3, 0.4) is 0 Å². The van der Waals surface area contributed by atoms with Gasteiger partial charge in [-0.25, -0.2) is 9.97 Å². The third-order valence-corrected chi connectivity index (χ3v) is 9.03. The SMILES string of the molecule is Oc1cccc2ccc3ccc(-c4nc(-c5cccc6ccc[c-]c56)cn4-c4c(-c5ccccc5)cccc4-c4ccccc4)nc3c12.[Pt]. The molecule has 0 aliphatic rings. The Bertz CT molecular complexity index is 2570. The van der Waals surface area contributed by atoms with Crippen molar-refractivity contribution in [1.29, 1.82) is 0 Å². The van der Waals surface area contributed by atoms with Crippen molar-refractivity contribution in [1.82, 2.24) is 14.5 Å². The zero-order valence-corrected chi connectivity index (χ0v) is 28.5. The van der Waals surface area contributed by atoms with Gasteiger partial charge in [0, 0.05) is 54.9 Å². The molecule has 9 rings (SSSR count). The van der Waals surface area contributed by atoms with E-state index in [9.17, 15) is 5.11 Å². The van der Waals surface area contributed by atoms with Crippen molar-refractivity contribution in [2.75, 3.05) is 0 Å². The van der Waals surface area contributed by atoms with E-state index in [1.165, 1.54) is 0 Å². The normalized spacial score (nSPS) is 11.2. The Balaban J connectivity index is 0.00000348. The van der Waals surface area contributed by atoms with Crippen LogP contribution in [0.4, 0.5) is 0 Å². The van der Waals surface area contributed by atoms with Gasteiger partial charge in [0.05, 0.1) is 11.2 Å². The van der Waals surface area contributed by atoms with Crippen LogP contribution in [0.5, 0.6) is 5.75 Å². The molecule has 0 saturated carbocycles. The molecule has 4 nitrogen and oxygen atoms in total. The van der Waals surface area contributed by atoms with Crippen LogP contribution < -0.4 is 0 Å². The Labute approximate surface area is 298 Å². The molecular formula is C44H28N3OPt-. The summed E-state index contributed by atoms with van der Waals surface area (Å²) in [6.07, 6.45) is 2.13. The summed E-state index contributed by atoms with van der Waals surface area (Å²) in [5.41, 5.74) is 8.63. The number of aromatic hydroxyl groups is 1. The fourth-order valence-corrected chi connectivity index (χ4v) is 6.80. The van der Waals surface area contributed by atoms with Crippen molar-refractivity contribution in [2.45, 2.75) is 0 Å². The number of rotatable bonds is 5. The number of benzene rings is 7. The maximum absolute atomic E-state index is 11.0. The number of hydrogen-bond acceptors (Lipinski definition) is 3. The van der Waals surface area contributed by atoms with Gasteiger partial charge in [0.1, 0.15) is 11.4 Å².